The summed E-state index contributed by atoms with van der Waals surface area (Å²) in [7, 11) is -3.77. The molecule has 0 aliphatic heterocycles. The molecule has 2 N–H and O–H groups in total. The largest absolute Gasteiger partial charge is 0.346 e. The average molecular weight is 389 g/mol. The van der Waals surface area contributed by atoms with Crippen LogP contribution in [0.25, 0.3) is 0 Å². The minimum atomic E-state index is -3.77. The van der Waals surface area contributed by atoms with Crippen LogP contribution in [0.1, 0.15) is 42.5 Å². The molecule has 1 saturated carbocycles. The summed E-state index contributed by atoms with van der Waals surface area (Å²) >= 11 is 12.1. The van der Waals surface area contributed by atoms with E-state index in [1.54, 1.807) is 0 Å². The average Bonchev–Trinajstić information content (AvgIpc) is 3.31. The number of carbonyl (C=O) groups excluding carboxylic acids is 1. The van der Waals surface area contributed by atoms with Gasteiger partial charge in [-0.1, -0.05) is 35.4 Å². The first kappa shape index (κ1) is 17.7. The molecule has 8 heteroatoms. The van der Waals surface area contributed by atoms with Crippen LogP contribution in [0.15, 0.2) is 29.2 Å². The molecule has 0 saturated heterocycles. The zero-order valence-corrected chi connectivity index (χ0v) is 15.2. The van der Waals surface area contributed by atoms with Crippen molar-refractivity contribution in [3.8, 4) is 0 Å². The van der Waals surface area contributed by atoms with Crippen LogP contribution in [0.4, 0.5) is 0 Å². The summed E-state index contributed by atoms with van der Waals surface area (Å²) in [6.45, 7) is 0. The predicted octanol–water partition coefficient (Wildman–Crippen LogP) is 3.27. The van der Waals surface area contributed by atoms with Crippen molar-refractivity contribution in [3.63, 3.8) is 0 Å². The maximum Gasteiger partial charge on any atom is 0.253 e. The molecule has 1 amide bonds. The standard InChI is InChI=1S/C16H18Cl2N2O3S/c17-13-9-14(18)15(24(22,23)20-11-6-7-11)8-12(13)16(21)19-10-4-2-1-3-5-10/h2,4,8-11,20H,1,3,5-7H2,(H,19,21)/t10-/m0/s1. The van der Waals surface area contributed by atoms with Crippen molar-refractivity contribution in [1.82, 2.24) is 10.0 Å². The van der Waals surface area contributed by atoms with E-state index in [1.165, 1.54) is 12.1 Å². The molecule has 5 nitrogen and oxygen atoms in total. The van der Waals surface area contributed by atoms with Crippen molar-refractivity contribution in [2.45, 2.75) is 49.1 Å². The normalized spacial score (nSPS) is 20.8. The Morgan fingerprint density at radius 1 is 1.12 bits per heavy atom. The zero-order valence-electron chi connectivity index (χ0n) is 12.9. The minimum absolute atomic E-state index is 0.00209. The molecule has 2 aliphatic rings. The second-order valence-electron chi connectivity index (χ2n) is 6.10. The number of allylic oxidation sites excluding steroid dienone is 1. The fraction of sp³-hybridized carbons (Fsp3) is 0.438. The summed E-state index contributed by atoms with van der Waals surface area (Å²) in [6, 6.07) is 2.43. The van der Waals surface area contributed by atoms with Crippen LogP contribution < -0.4 is 10.0 Å². The van der Waals surface area contributed by atoms with Crippen molar-refractivity contribution in [2.24, 2.45) is 0 Å². The van der Waals surface area contributed by atoms with Crippen molar-refractivity contribution in [2.75, 3.05) is 0 Å². The van der Waals surface area contributed by atoms with E-state index < -0.39 is 15.9 Å². The van der Waals surface area contributed by atoms with Crippen LogP contribution in [0, 0.1) is 0 Å². The lowest BCUT2D eigenvalue weighted by molar-refractivity contribution is 0.0942. The van der Waals surface area contributed by atoms with Crippen LogP contribution in [0.2, 0.25) is 10.0 Å². The highest BCUT2D eigenvalue weighted by atomic mass is 35.5. The number of sulfonamides is 1. The van der Waals surface area contributed by atoms with Crippen molar-refractivity contribution in [1.29, 1.82) is 0 Å². The summed E-state index contributed by atoms with van der Waals surface area (Å²) in [4.78, 5) is 12.4. The van der Waals surface area contributed by atoms with E-state index in [-0.39, 0.29) is 32.6 Å². The van der Waals surface area contributed by atoms with Crippen LogP contribution >= 0.6 is 23.2 Å². The molecule has 0 unspecified atom stereocenters. The number of hydrogen-bond acceptors (Lipinski definition) is 3. The van der Waals surface area contributed by atoms with Gasteiger partial charge in [0.2, 0.25) is 10.0 Å². The van der Waals surface area contributed by atoms with E-state index in [9.17, 15) is 13.2 Å². The number of rotatable bonds is 5. The SMILES string of the molecule is O=C(N[C@H]1C=CCCC1)c1cc(S(=O)(=O)NC2CC2)c(Cl)cc1Cl. The topological polar surface area (TPSA) is 75.3 Å². The maximum absolute atomic E-state index is 12.5. The Morgan fingerprint density at radius 2 is 1.88 bits per heavy atom. The number of amides is 1. The molecule has 0 radical (unpaired) electrons. The van der Waals surface area contributed by atoms with Gasteiger partial charge >= 0.3 is 0 Å². The Bertz CT molecular complexity index is 789. The number of benzene rings is 1. The van der Waals surface area contributed by atoms with Gasteiger partial charge in [0.05, 0.1) is 15.6 Å². The van der Waals surface area contributed by atoms with Gasteiger partial charge in [-0.3, -0.25) is 4.79 Å². The smallest absolute Gasteiger partial charge is 0.253 e. The van der Waals surface area contributed by atoms with Gasteiger partial charge in [0.1, 0.15) is 4.90 Å². The van der Waals surface area contributed by atoms with Crippen molar-refractivity contribution in [3.05, 3.63) is 39.9 Å². The molecule has 0 heterocycles. The minimum Gasteiger partial charge on any atom is -0.346 e. The van der Waals surface area contributed by atoms with Gasteiger partial charge in [-0.05, 0) is 44.2 Å². The Balaban J connectivity index is 1.87. The number of halogens is 2. The van der Waals surface area contributed by atoms with Gasteiger partial charge in [-0.2, -0.15) is 0 Å². The van der Waals surface area contributed by atoms with Crippen LogP contribution in [-0.4, -0.2) is 26.4 Å². The third-order valence-corrected chi connectivity index (χ3v) is 6.32. The monoisotopic (exact) mass is 388 g/mol. The molecule has 1 aromatic rings. The summed E-state index contributed by atoms with van der Waals surface area (Å²) in [5.41, 5.74) is 0.108. The van der Waals surface area contributed by atoms with Crippen molar-refractivity contribution < 1.29 is 13.2 Å². The molecule has 0 spiro atoms. The summed E-state index contributed by atoms with van der Waals surface area (Å²) in [5.74, 6) is -0.406. The van der Waals surface area contributed by atoms with E-state index in [2.05, 4.69) is 10.0 Å². The Labute approximate surface area is 151 Å². The molecule has 1 atom stereocenters. The lowest BCUT2D eigenvalue weighted by Gasteiger charge is -2.19. The van der Waals surface area contributed by atoms with Crippen LogP contribution in [-0.2, 0) is 10.0 Å². The molecule has 1 aromatic carbocycles. The third-order valence-electron chi connectivity index (χ3n) is 4.03. The third kappa shape index (κ3) is 4.11. The van der Waals surface area contributed by atoms with E-state index in [4.69, 9.17) is 23.2 Å². The molecule has 0 bridgehead atoms. The first-order valence-electron chi connectivity index (χ1n) is 7.86. The summed E-state index contributed by atoms with van der Waals surface area (Å²) in [5, 5.41) is 2.99. The highest BCUT2D eigenvalue weighted by molar-refractivity contribution is 7.89. The fourth-order valence-corrected chi connectivity index (χ4v) is 4.74. The van der Waals surface area contributed by atoms with E-state index >= 15 is 0 Å². The Hall–Kier alpha value is -1.08. The van der Waals surface area contributed by atoms with Gasteiger partial charge in [-0.25, -0.2) is 13.1 Å². The van der Waals surface area contributed by atoms with Crippen molar-refractivity contribution >= 4 is 39.1 Å². The van der Waals surface area contributed by atoms with Crippen LogP contribution in [0.3, 0.4) is 0 Å². The van der Waals surface area contributed by atoms with Gasteiger partial charge < -0.3 is 5.32 Å². The molecule has 2 aliphatic carbocycles. The number of carbonyl (C=O) groups is 1. The second kappa shape index (κ2) is 7.04. The number of nitrogens with one attached hydrogen (secondary N) is 2. The Morgan fingerprint density at radius 3 is 2.50 bits per heavy atom. The molecular weight excluding hydrogens is 371 g/mol. The van der Waals surface area contributed by atoms with Gasteiger partial charge in [0.25, 0.3) is 5.91 Å². The maximum atomic E-state index is 12.5. The number of hydrogen-bond donors (Lipinski definition) is 2. The summed E-state index contributed by atoms with van der Waals surface area (Å²) in [6.07, 6.45) is 8.44. The predicted molar refractivity (Wildman–Crippen MR) is 94.1 cm³/mol. The van der Waals surface area contributed by atoms with Crippen LogP contribution in [0.5, 0.6) is 0 Å². The van der Waals surface area contributed by atoms with E-state index in [0.717, 1.165) is 32.1 Å². The molecule has 1 fully saturated rings. The Kier molecular flexibility index (Phi) is 5.20. The van der Waals surface area contributed by atoms with Gasteiger partial charge in [-0.15, -0.1) is 0 Å². The summed E-state index contributed by atoms with van der Waals surface area (Å²) < 4.78 is 27.4. The quantitative estimate of drug-likeness (QED) is 0.759. The van der Waals surface area contributed by atoms with Gasteiger partial charge in [0.15, 0.2) is 0 Å². The second-order valence-corrected chi connectivity index (χ2v) is 8.59. The lowest BCUT2D eigenvalue weighted by atomic mass is 10.0. The molecular formula is C16H18Cl2N2O3S. The molecule has 3 rings (SSSR count). The van der Waals surface area contributed by atoms with E-state index in [1.807, 2.05) is 12.2 Å². The van der Waals surface area contributed by atoms with E-state index in [0.29, 0.717) is 0 Å². The van der Waals surface area contributed by atoms with Gasteiger partial charge in [0, 0.05) is 12.1 Å². The zero-order chi connectivity index (χ0) is 17.3. The first-order chi connectivity index (χ1) is 11.4. The first-order valence-corrected chi connectivity index (χ1v) is 10.1. The highest BCUT2D eigenvalue weighted by Gasteiger charge is 2.30. The fourth-order valence-electron chi connectivity index (χ4n) is 2.57. The lowest BCUT2D eigenvalue weighted by Crippen LogP contribution is -2.34. The molecule has 0 aromatic heterocycles. The highest BCUT2D eigenvalue weighted by Crippen LogP contribution is 2.30. The molecule has 24 heavy (non-hydrogen) atoms. The molecule has 130 valence electrons.